The maximum absolute atomic E-state index is 13.2. The maximum Gasteiger partial charge on any atom is 0.277 e. The molecule has 0 aromatic carbocycles. The zero-order valence-corrected chi connectivity index (χ0v) is 13.8. The van der Waals surface area contributed by atoms with Gasteiger partial charge in [0, 0.05) is 5.69 Å². The summed E-state index contributed by atoms with van der Waals surface area (Å²) in [5, 5.41) is 6.57. The Bertz CT molecular complexity index is 703. The molecule has 0 bridgehead atoms. The molecule has 0 aliphatic carbocycles. The van der Waals surface area contributed by atoms with E-state index in [4.69, 9.17) is 10.3 Å². The molecule has 0 unspecified atom stereocenters. The minimum Gasteiger partial charge on any atom is -0.346 e. The molecule has 23 heavy (non-hydrogen) atoms. The van der Waals surface area contributed by atoms with Crippen molar-refractivity contribution in [2.45, 2.75) is 32.6 Å². The van der Waals surface area contributed by atoms with Gasteiger partial charge in [-0.25, -0.2) is 13.8 Å². The Hall–Kier alpha value is -1.80. The third-order valence-electron chi connectivity index (χ3n) is 3.20. The molecule has 9 heteroatoms. The van der Waals surface area contributed by atoms with Crippen molar-refractivity contribution in [1.29, 1.82) is 0 Å². The zero-order chi connectivity index (χ0) is 16.5. The van der Waals surface area contributed by atoms with Crippen LogP contribution in [0.25, 0.3) is 11.1 Å². The molecular formula is C14H19ClF2N4O2. The van der Waals surface area contributed by atoms with Gasteiger partial charge in [0.05, 0.1) is 29.7 Å². The molecule has 0 saturated carbocycles. The number of fused-ring (bicyclic) bond motifs is 1. The molecule has 1 amide bonds. The van der Waals surface area contributed by atoms with Gasteiger partial charge in [-0.3, -0.25) is 4.79 Å². The van der Waals surface area contributed by atoms with Crippen molar-refractivity contribution < 1.29 is 18.1 Å². The lowest BCUT2D eigenvalue weighted by atomic mass is 10.0. The van der Waals surface area contributed by atoms with Gasteiger partial charge >= 0.3 is 0 Å². The Balaban J connectivity index is 0.00000264. The molecule has 3 N–H and O–H groups in total. The highest BCUT2D eigenvalue weighted by Gasteiger charge is 2.28. The summed E-state index contributed by atoms with van der Waals surface area (Å²) in [5.41, 5.74) is 6.51. The number of rotatable bonds is 5. The Kier molecular flexibility index (Phi) is 6.01. The first-order chi connectivity index (χ1) is 10.2. The zero-order valence-electron chi connectivity index (χ0n) is 13.0. The number of pyridine rings is 1. The predicted octanol–water partition coefficient (Wildman–Crippen LogP) is 2.40. The largest absolute Gasteiger partial charge is 0.346 e. The smallest absolute Gasteiger partial charge is 0.277 e. The molecular weight excluding hydrogens is 330 g/mol. The summed E-state index contributed by atoms with van der Waals surface area (Å²) in [5.74, 6) is -3.77. The average molecular weight is 349 g/mol. The molecule has 0 aliphatic heterocycles. The standard InChI is InChI=1S/C14H18F2N4O2.ClH/c1-7(2)11-10-9(4-8(3)19-13(10)22-20-11)12(21)18-6-14(15,16)5-17;/h4,7H,5-6,17H2,1-3H3,(H,18,21);1H. The first-order valence-corrected chi connectivity index (χ1v) is 6.88. The van der Waals surface area contributed by atoms with E-state index in [1.165, 1.54) is 6.07 Å². The number of hydrogen-bond acceptors (Lipinski definition) is 5. The third-order valence-corrected chi connectivity index (χ3v) is 3.20. The van der Waals surface area contributed by atoms with Crippen LogP contribution in [0.15, 0.2) is 10.6 Å². The maximum atomic E-state index is 13.2. The average Bonchev–Trinajstić information content (AvgIpc) is 2.87. The third kappa shape index (κ3) is 4.14. The van der Waals surface area contributed by atoms with E-state index in [2.05, 4.69) is 15.5 Å². The van der Waals surface area contributed by atoms with E-state index < -0.39 is 24.9 Å². The summed E-state index contributed by atoms with van der Waals surface area (Å²) in [6, 6.07) is 1.53. The Labute approximate surface area is 138 Å². The fourth-order valence-electron chi connectivity index (χ4n) is 2.05. The van der Waals surface area contributed by atoms with Crippen molar-refractivity contribution in [3.63, 3.8) is 0 Å². The van der Waals surface area contributed by atoms with E-state index in [0.717, 1.165) is 0 Å². The molecule has 0 spiro atoms. The summed E-state index contributed by atoms with van der Waals surface area (Å²) in [7, 11) is 0. The lowest BCUT2D eigenvalue weighted by molar-refractivity contribution is 0.0119. The lowest BCUT2D eigenvalue weighted by Crippen LogP contribution is -2.41. The summed E-state index contributed by atoms with van der Waals surface area (Å²) in [6.45, 7) is 3.81. The van der Waals surface area contributed by atoms with E-state index in [-0.39, 0.29) is 29.6 Å². The van der Waals surface area contributed by atoms with Gasteiger partial charge in [-0.15, -0.1) is 12.4 Å². The van der Waals surface area contributed by atoms with Crippen molar-refractivity contribution in [1.82, 2.24) is 15.5 Å². The van der Waals surface area contributed by atoms with Crippen LogP contribution in [0.2, 0.25) is 0 Å². The van der Waals surface area contributed by atoms with Crippen LogP contribution in [0.1, 0.15) is 41.5 Å². The van der Waals surface area contributed by atoms with E-state index >= 15 is 0 Å². The highest BCUT2D eigenvalue weighted by atomic mass is 35.5. The van der Waals surface area contributed by atoms with Crippen molar-refractivity contribution in [3.8, 4) is 0 Å². The number of carbonyl (C=O) groups excluding carboxylic acids is 1. The molecule has 2 aromatic rings. The van der Waals surface area contributed by atoms with Gasteiger partial charge in [0.2, 0.25) is 0 Å². The van der Waals surface area contributed by atoms with E-state index in [1.807, 2.05) is 13.8 Å². The fourth-order valence-corrected chi connectivity index (χ4v) is 2.05. The van der Waals surface area contributed by atoms with Crippen molar-refractivity contribution in [2.75, 3.05) is 13.1 Å². The van der Waals surface area contributed by atoms with Crippen molar-refractivity contribution in [3.05, 3.63) is 23.0 Å². The van der Waals surface area contributed by atoms with Crippen LogP contribution in [-0.2, 0) is 0 Å². The molecule has 0 saturated heterocycles. The van der Waals surface area contributed by atoms with Crippen LogP contribution in [0.5, 0.6) is 0 Å². The van der Waals surface area contributed by atoms with E-state index in [9.17, 15) is 13.6 Å². The SMILES string of the molecule is Cc1cc(C(=O)NCC(F)(F)CN)c2c(C(C)C)noc2n1.Cl. The molecule has 128 valence electrons. The molecule has 2 heterocycles. The van der Waals surface area contributed by atoms with Crippen LogP contribution in [-0.4, -0.2) is 35.1 Å². The van der Waals surface area contributed by atoms with Crippen molar-refractivity contribution in [2.24, 2.45) is 5.73 Å². The highest BCUT2D eigenvalue weighted by Crippen LogP contribution is 2.27. The number of nitrogens with two attached hydrogens (primary N) is 1. The van der Waals surface area contributed by atoms with Gasteiger partial charge in [0.1, 0.15) is 0 Å². The minimum absolute atomic E-state index is 0. The Morgan fingerprint density at radius 3 is 2.70 bits per heavy atom. The summed E-state index contributed by atoms with van der Waals surface area (Å²) < 4.78 is 31.5. The van der Waals surface area contributed by atoms with Gasteiger partial charge < -0.3 is 15.6 Å². The number of alkyl halides is 2. The quantitative estimate of drug-likeness (QED) is 0.865. The van der Waals surface area contributed by atoms with Crippen LogP contribution < -0.4 is 11.1 Å². The van der Waals surface area contributed by atoms with Crippen LogP contribution in [0.4, 0.5) is 8.78 Å². The van der Waals surface area contributed by atoms with Crippen LogP contribution >= 0.6 is 12.4 Å². The molecule has 0 aliphatic rings. The molecule has 6 nitrogen and oxygen atoms in total. The minimum atomic E-state index is -3.15. The number of aromatic nitrogens is 2. The Morgan fingerprint density at radius 1 is 1.48 bits per heavy atom. The van der Waals surface area contributed by atoms with Crippen LogP contribution in [0.3, 0.4) is 0 Å². The first-order valence-electron chi connectivity index (χ1n) is 6.88. The van der Waals surface area contributed by atoms with Gasteiger partial charge in [0.15, 0.2) is 0 Å². The first kappa shape index (κ1) is 19.2. The molecule has 0 fully saturated rings. The second kappa shape index (κ2) is 7.18. The summed E-state index contributed by atoms with van der Waals surface area (Å²) in [6.07, 6.45) is 0. The van der Waals surface area contributed by atoms with Gasteiger partial charge in [-0.1, -0.05) is 19.0 Å². The predicted molar refractivity (Wildman–Crippen MR) is 84.2 cm³/mol. The topological polar surface area (TPSA) is 94.0 Å². The molecule has 0 radical (unpaired) electrons. The number of nitrogens with zero attached hydrogens (tertiary/aromatic N) is 2. The summed E-state index contributed by atoms with van der Waals surface area (Å²) in [4.78, 5) is 16.4. The second-order valence-corrected chi connectivity index (χ2v) is 5.46. The monoisotopic (exact) mass is 348 g/mol. The number of carbonyl (C=O) groups is 1. The van der Waals surface area contributed by atoms with E-state index in [1.54, 1.807) is 6.92 Å². The van der Waals surface area contributed by atoms with Crippen molar-refractivity contribution >= 4 is 29.4 Å². The number of halogens is 3. The number of aryl methyl sites for hydroxylation is 1. The Morgan fingerprint density at radius 2 is 2.13 bits per heavy atom. The molecule has 2 rings (SSSR count). The van der Waals surface area contributed by atoms with Crippen LogP contribution in [0, 0.1) is 6.92 Å². The summed E-state index contributed by atoms with van der Waals surface area (Å²) >= 11 is 0. The van der Waals surface area contributed by atoms with Gasteiger partial charge in [0.25, 0.3) is 17.5 Å². The highest BCUT2D eigenvalue weighted by molar-refractivity contribution is 6.06. The second-order valence-electron chi connectivity index (χ2n) is 5.46. The normalized spacial score (nSPS) is 11.6. The van der Waals surface area contributed by atoms with Gasteiger partial charge in [-0.05, 0) is 18.9 Å². The van der Waals surface area contributed by atoms with E-state index in [0.29, 0.717) is 16.8 Å². The number of nitrogens with one attached hydrogen (secondary N) is 1. The number of hydrogen-bond donors (Lipinski definition) is 2. The molecule has 2 aromatic heterocycles. The van der Waals surface area contributed by atoms with Gasteiger partial charge in [-0.2, -0.15) is 0 Å². The number of amides is 1. The molecule has 0 atom stereocenters. The fraction of sp³-hybridized carbons (Fsp3) is 0.500. The lowest BCUT2D eigenvalue weighted by Gasteiger charge is -2.15.